The van der Waals surface area contributed by atoms with Crippen LogP contribution in [0.3, 0.4) is 0 Å². The molecular formula is C18H23NO3. The molecular weight excluding hydrogens is 278 g/mol. The maximum Gasteiger partial charge on any atom is 0.165 e. The lowest BCUT2D eigenvalue weighted by Crippen LogP contribution is -2.66. The molecule has 0 aromatic heterocycles. The smallest absolute Gasteiger partial charge is 0.165 e. The second kappa shape index (κ2) is 4.18. The molecule has 22 heavy (non-hydrogen) atoms. The number of aliphatic hydroxyl groups excluding tert-OH is 1. The normalized spacial score (nSPS) is 41.8. The number of likely N-dealkylation sites (tertiary alicyclic amines) is 1. The van der Waals surface area contributed by atoms with E-state index in [0.29, 0.717) is 12.0 Å². The summed E-state index contributed by atoms with van der Waals surface area (Å²) >= 11 is 0. The lowest BCUT2D eigenvalue weighted by Gasteiger charge is -2.58. The van der Waals surface area contributed by atoms with E-state index < -0.39 is 0 Å². The molecule has 2 aliphatic carbocycles. The van der Waals surface area contributed by atoms with Gasteiger partial charge in [0.15, 0.2) is 11.5 Å². The van der Waals surface area contributed by atoms with Crippen molar-refractivity contribution >= 4 is 0 Å². The number of aliphatic hydroxyl groups is 1. The first kappa shape index (κ1) is 13.2. The molecule has 5 atom stereocenters. The number of methoxy groups -OCH3 is 1. The fraction of sp³-hybridized carbons (Fsp3) is 0.667. The molecule has 2 fully saturated rings. The number of benzene rings is 1. The van der Waals surface area contributed by atoms with Crippen LogP contribution < -0.4 is 9.47 Å². The Kier molecular flexibility index (Phi) is 2.51. The minimum Gasteiger partial charge on any atom is -0.493 e. The van der Waals surface area contributed by atoms with Crippen molar-refractivity contribution in [2.75, 3.05) is 20.7 Å². The topological polar surface area (TPSA) is 41.9 Å². The third kappa shape index (κ3) is 1.32. The molecule has 4 nitrogen and oxygen atoms in total. The highest BCUT2D eigenvalue weighted by atomic mass is 16.5. The quantitative estimate of drug-likeness (QED) is 0.858. The Bertz CT molecular complexity index is 645. The Morgan fingerprint density at radius 2 is 2.23 bits per heavy atom. The van der Waals surface area contributed by atoms with Gasteiger partial charge in [-0.2, -0.15) is 0 Å². The zero-order chi connectivity index (χ0) is 15.1. The molecule has 0 amide bonds. The second-order valence-electron chi connectivity index (χ2n) is 7.46. The lowest BCUT2D eigenvalue weighted by atomic mass is 9.51. The van der Waals surface area contributed by atoms with Crippen molar-refractivity contribution < 1.29 is 14.6 Å². The molecule has 1 saturated heterocycles. The summed E-state index contributed by atoms with van der Waals surface area (Å²) in [5.41, 5.74) is 2.77. The average molecular weight is 301 g/mol. The molecule has 2 aliphatic heterocycles. The Morgan fingerprint density at radius 3 is 3.05 bits per heavy atom. The molecule has 2 unspecified atom stereocenters. The zero-order valence-electron chi connectivity index (χ0n) is 13.2. The number of likely N-dealkylation sites (N-methyl/N-ethyl adjacent to an activating group) is 1. The van der Waals surface area contributed by atoms with E-state index in [1.54, 1.807) is 7.11 Å². The number of nitrogens with zero attached hydrogens (tertiary/aromatic N) is 1. The maximum absolute atomic E-state index is 10.6. The number of hydrogen-bond acceptors (Lipinski definition) is 4. The first-order valence-corrected chi connectivity index (χ1v) is 8.42. The maximum atomic E-state index is 10.6. The van der Waals surface area contributed by atoms with E-state index in [-0.39, 0.29) is 17.6 Å². The van der Waals surface area contributed by atoms with Crippen LogP contribution in [0.5, 0.6) is 11.5 Å². The number of hydrogen-bond donors (Lipinski definition) is 1. The molecule has 1 aromatic carbocycles. The van der Waals surface area contributed by atoms with Gasteiger partial charge in [0.25, 0.3) is 0 Å². The van der Waals surface area contributed by atoms with E-state index in [2.05, 4.69) is 18.0 Å². The Balaban J connectivity index is 1.80. The van der Waals surface area contributed by atoms with E-state index in [0.717, 1.165) is 43.7 Å². The highest BCUT2D eigenvalue weighted by Gasteiger charge is 2.65. The van der Waals surface area contributed by atoms with Crippen LogP contribution >= 0.6 is 0 Å². The van der Waals surface area contributed by atoms with Gasteiger partial charge in [0.05, 0.1) is 13.2 Å². The molecule has 2 heterocycles. The van der Waals surface area contributed by atoms with Crippen molar-refractivity contribution in [2.45, 2.75) is 49.3 Å². The van der Waals surface area contributed by atoms with Crippen LogP contribution in [0.25, 0.3) is 0 Å². The van der Waals surface area contributed by atoms with Crippen molar-refractivity contribution in [3.05, 3.63) is 23.3 Å². The van der Waals surface area contributed by atoms with Crippen LogP contribution in [-0.4, -0.2) is 49.0 Å². The minimum absolute atomic E-state index is 0.00625. The van der Waals surface area contributed by atoms with Gasteiger partial charge >= 0.3 is 0 Å². The Labute approximate surface area is 131 Å². The zero-order valence-corrected chi connectivity index (χ0v) is 13.2. The number of rotatable bonds is 1. The van der Waals surface area contributed by atoms with Gasteiger partial charge in [0.1, 0.15) is 6.10 Å². The van der Waals surface area contributed by atoms with Crippen LogP contribution in [0, 0.1) is 5.92 Å². The summed E-state index contributed by atoms with van der Waals surface area (Å²) in [6.45, 7) is 1.09. The van der Waals surface area contributed by atoms with Crippen LogP contribution in [0.2, 0.25) is 0 Å². The van der Waals surface area contributed by atoms with E-state index in [1.165, 1.54) is 11.1 Å². The van der Waals surface area contributed by atoms with Gasteiger partial charge in [-0.3, -0.25) is 0 Å². The second-order valence-corrected chi connectivity index (χ2v) is 7.46. The van der Waals surface area contributed by atoms with Gasteiger partial charge in [-0.1, -0.05) is 6.07 Å². The Hall–Kier alpha value is -1.26. The van der Waals surface area contributed by atoms with Crippen molar-refractivity contribution in [3.8, 4) is 11.5 Å². The van der Waals surface area contributed by atoms with Crippen LogP contribution in [0.15, 0.2) is 12.1 Å². The van der Waals surface area contributed by atoms with Crippen LogP contribution in [0.4, 0.5) is 0 Å². The van der Waals surface area contributed by atoms with Gasteiger partial charge in [-0.25, -0.2) is 0 Å². The molecule has 2 bridgehead atoms. The molecule has 0 radical (unpaired) electrons. The summed E-state index contributed by atoms with van der Waals surface area (Å²) in [5.74, 6) is 2.34. The molecule has 4 aliphatic rings. The highest BCUT2D eigenvalue weighted by molar-refractivity contribution is 5.61. The standard InChI is InChI=1S/C18H23NO3/c1-19-8-7-18-11-4-5-13(20)17(18)22-16-14(21-2)6-3-10(15(16)18)9-12(11)19/h3,6,11-13,17,20H,4-5,7-9H2,1-2H3/t11?,12-,13-,17?,18+/m1/s1. The molecule has 1 N–H and O–H groups in total. The van der Waals surface area contributed by atoms with Crippen molar-refractivity contribution in [2.24, 2.45) is 5.92 Å². The van der Waals surface area contributed by atoms with Gasteiger partial charge in [-0.05, 0) is 56.8 Å². The Morgan fingerprint density at radius 1 is 1.36 bits per heavy atom. The van der Waals surface area contributed by atoms with Gasteiger partial charge in [-0.15, -0.1) is 0 Å². The molecule has 1 saturated carbocycles. The van der Waals surface area contributed by atoms with Crippen LogP contribution in [-0.2, 0) is 11.8 Å². The fourth-order valence-corrected chi connectivity index (χ4v) is 5.86. The number of ether oxygens (including phenoxy) is 2. The third-order valence-electron chi connectivity index (χ3n) is 6.77. The summed E-state index contributed by atoms with van der Waals surface area (Å²) in [5, 5.41) is 10.6. The average Bonchev–Trinajstić information content (AvgIpc) is 2.88. The van der Waals surface area contributed by atoms with Gasteiger partial charge in [0, 0.05) is 17.0 Å². The van der Waals surface area contributed by atoms with Crippen molar-refractivity contribution in [3.63, 3.8) is 0 Å². The summed E-state index contributed by atoms with van der Waals surface area (Å²) in [6.07, 6.45) is 3.69. The summed E-state index contributed by atoms with van der Waals surface area (Å²) in [7, 11) is 3.96. The molecule has 118 valence electrons. The van der Waals surface area contributed by atoms with E-state index in [1.807, 2.05) is 6.07 Å². The monoisotopic (exact) mass is 301 g/mol. The van der Waals surface area contributed by atoms with Crippen molar-refractivity contribution in [1.82, 2.24) is 4.90 Å². The summed E-state index contributed by atoms with van der Waals surface area (Å²) in [4.78, 5) is 2.52. The van der Waals surface area contributed by atoms with Gasteiger partial charge in [0.2, 0.25) is 0 Å². The largest absolute Gasteiger partial charge is 0.493 e. The molecule has 1 aromatic rings. The first-order valence-electron chi connectivity index (χ1n) is 8.42. The first-order chi connectivity index (χ1) is 10.7. The van der Waals surface area contributed by atoms with E-state index in [9.17, 15) is 5.11 Å². The third-order valence-corrected chi connectivity index (χ3v) is 6.77. The van der Waals surface area contributed by atoms with E-state index >= 15 is 0 Å². The minimum atomic E-state index is -0.358. The summed E-state index contributed by atoms with van der Waals surface area (Å²) < 4.78 is 11.9. The number of piperidine rings is 1. The van der Waals surface area contributed by atoms with Crippen molar-refractivity contribution in [1.29, 1.82) is 0 Å². The molecule has 1 spiro atoms. The molecule has 4 heteroatoms. The van der Waals surface area contributed by atoms with Crippen LogP contribution in [0.1, 0.15) is 30.4 Å². The predicted octanol–water partition coefficient (Wildman–Crippen LogP) is 1.73. The van der Waals surface area contributed by atoms with Gasteiger partial charge < -0.3 is 19.5 Å². The predicted molar refractivity (Wildman–Crippen MR) is 82.6 cm³/mol. The lowest BCUT2D eigenvalue weighted by molar-refractivity contribution is -0.0993. The molecule has 5 rings (SSSR count). The fourth-order valence-electron chi connectivity index (χ4n) is 5.86. The highest BCUT2D eigenvalue weighted by Crippen LogP contribution is 2.63. The summed E-state index contributed by atoms with van der Waals surface area (Å²) in [6, 6.07) is 4.83. The SMILES string of the molecule is COc1ccc2c3c1OC1[C@H](O)CCC4[C@@H](C2)N(C)CC[C@]314. The van der Waals surface area contributed by atoms with E-state index in [4.69, 9.17) is 9.47 Å².